The molecule has 2 rings (SSSR count). The van der Waals surface area contributed by atoms with Crippen molar-refractivity contribution in [1.82, 2.24) is 15.5 Å². The van der Waals surface area contributed by atoms with E-state index in [9.17, 15) is 18.8 Å². The van der Waals surface area contributed by atoms with Gasteiger partial charge in [-0.15, -0.1) is 0 Å². The van der Waals surface area contributed by atoms with E-state index in [-0.39, 0.29) is 37.1 Å². The summed E-state index contributed by atoms with van der Waals surface area (Å²) in [4.78, 5) is 36.8. The molecule has 26 heavy (non-hydrogen) atoms. The van der Waals surface area contributed by atoms with E-state index in [1.54, 1.807) is 6.92 Å². The number of halogens is 1. The topological polar surface area (TPSA) is 98.7 Å². The van der Waals surface area contributed by atoms with Crippen molar-refractivity contribution in [2.45, 2.75) is 20.3 Å². The lowest BCUT2D eigenvalue weighted by atomic mass is 9.91. The highest BCUT2D eigenvalue weighted by atomic mass is 19.1. The average Bonchev–Trinajstić information content (AvgIpc) is 2.60. The molecule has 0 radical (unpaired) electrons. The van der Waals surface area contributed by atoms with Crippen LogP contribution in [-0.2, 0) is 4.79 Å². The first-order valence-corrected chi connectivity index (χ1v) is 8.58. The lowest BCUT2D eigenvalue weighted by Gasteiger charge is -2.34. The molecule has 142 valence electrons. The van der Waals surface area contributed by atoms with Crippen LogP contribution in [0.3, 0.4) is 0 Å². The zero-order valence-electron chi connectivity index (χ0n) is 14.9. The Morgan fingerprint density at radius 2 is 1.92 bits per heavy atom. The van der Waals surface area contributed by atoms with Gasteiger partial charge in [-0.1, -0.05) is 13.0 Å². The lowest BCUT2D eigenvalue weighted by Crippen LogP contribution is -2.50. The van der Waals surface area contributed by atoms with Crippen LogP contribution in [0.25, 0.3) is 0 Å². The van der Waals surface area contributed by atoms with Crippen molar-refractivity contribution in [2.24, 2.45) is 11.8 Å². The van der Waals surface area contributed by atoms with Crippen molar-refractivity contribution in [3.8, 4) is 0 Å². The number of aryl methyl sites for hydroxylation is 1. The fourth-order valence-corrected chi connectivity index (χ4v) is 2.99. The van der Waals surface area contributed by atoms with Crippen LogP contribution in [0.5, 0.6) is 0 Å². The standard InChI is InChI=1S/C18H24FN3O4/c1-11-7-14(17(24)25)10-22(9-11)18(26)21-6-5-20-16(23)13-4-3-12(2)15(19)8-13/h3-4,8,11,14H,5-7,9-10H2,1-2H3,(H,20,23)(H,21,26)(H,24,25). The third-order valence-electron chi connectivity index (χ3n) is 4.42. The Morgan fingerprint density at radius 3 is 2.58 bits per heavy atom. The number of urea groups is 1. The maximum absolute atomic E-state index is 13.5. The summed E-state index contributed by atoms with van der Waals surface area (Å²) in [5.41, 5.74) is 0.679. The predicted molar refractivity (Wildman–Crippen MR) is 93.3 cm³/mol. The second kappa shape index (κ2) is 8.64. The number of carboxylic acid groups (broad SMARTS) is 1. The molecule has 7 nitrogen and oxygen atoms in total. The number of aliphatic carboxylic acids is 1. The molecular weight excluding hydrogens is 341 g/mol. The van der Waals surface area contributed by atoms with E-state index in [1.807, 2.05) is 6.92 Å². The highest BCUT2D eigenvalue weighted by Crippen LogP contribution is 2.21. The number of rotatable bonds is 5. The third kappa shape index (κ3) is 5.18. The van der Waals surface area contributed by atoms with E-state index in [2.05, 4.69) is 10.6 Å². The molecule has 2 atom stereocenters. The Kier molecular flexibility index (Phi) is 6.54. The van der Waals surface area contributed by atoms with E-state index < -0.39 is 23.6 Å². The minimum atomic E-state index is -0.896. The van der Waals surface area contributed by atoms with Crippen molar-refractivity contribution in [3.63, 3.8) is 0 Å². The Morgan fingerprint density at radius 1 is 1.23 bits per heavy atom. The van der Waals surface area contributed by atoms with Gasteiger partial charge in [-0.05, 0) is 37.0 Å². The highest BCUT2D eigenvalue weighted by Gasteiger charge is 2.31. The number of carbonyl (C=O) groups is 3. The Bertz CT molecular complexity index is 695. The second-order valence-corrected chi connectivity index (χ2v) is 6.73. The molecule has 1 aromatic rings. The van der Waals surface area contributed by atoms with Crippen molar-refractivity contribution in [1.29, 1.82) is 0 Å². The molecule has 1 aromatic carbocycles. The minimum Gasteiger partial charge on any atom is -0.481 e. The van der Waals surface area contributed by atoms with Crippen LogP contribution >= 0.6 is 0 Å². The number of carboxylic acids is 1. The summed E-state index contributed by atoms with van der Waals surface area (Å²) in [5.74, 6) is -2.20. The molecule has 2 unspecified atom stereocenters. The number of nitrogens with zero attached hydrogens (tertiary/aromatic N) is 1. The van der Waals surface area contributed by atoms with E-state index >= 15 is 0 Å². The maximum Gasteiger partial charge on any atom is 0.317 e. The molecule has 0 aliphatic carbocycles. The third-order valence-corrected chi connectivity index (χ3v) is 4.42. The van der Waals surface area contributed by atoms with E-state index in [4.69, 9.17) is 5.11 Å². The van der Waals surface area contributed by atoms with Crippen molar-refractivity contribution >= 4 is 17.9 Å². The lowest BCUT2D eigenvalue weighted by molar-refractivity contribution is -0.143. The number of benzene rings is 1. The molecule has 1 saturated heterocycles. The fraction of sp³-hybridized carbons (Fsp3) is 0.500. The summed E-state index contributed by atoms with van der Waals surface area (Å²) in [7, 11) is 0. The summed E-state index contributed by atoms with van der Waals surface area (Å²) in [5, 5.41) is 14.4. The number of amides is 3. The molecule has 1 aliphatic heterocycles. The zero-order valence-corrected chi connectivity index (χ0v) is 14.9. The van der Waals surface area contributed by atoms with Gasteiger partial charge in [0.1, 0.15) is 5.82 Å². The smallest absolute Gasteiger partial charge is 0.317 e. The first kappa shape index (κ1) is 19.7. The summed E-state index contributed by atoms with van der Waals surface area (Å²) in [6.07, 6.45) is 0.558. The van der Waals surface area contributed by atoms with Crippen LogP contribution in [0.4, 0.5) is 9.18 Å². The van der Waals surface area contributed by atoms with Crippen molar-refractivity contribution in [3.05, 3.63) is 35.1 Å². The number of likely N-dealkylation sites (tertiary alicyclic amines) is 1. The Labute approximate surface area is 151 Å². The fourth-order valence-electron chi connectivity index (χ4n) is 2.99. The summed E-state index contributed by atoms with van der Waals surface area (Å²) in [6.45, 7) is 4.59. The van der Waals surface area contributed by atoms with Crippen LogP contribution in [-0.4, -0.2) is 54.1 Å². The normalized spacial score (nSPS) is 19.7. The van der Waals surface area contributed by atoms with E-state index in [0.717, 1.165) is 0 Å². The summed E-state index contributed by atoms with van der Waals surface area (Å²) in [6, 6.07) is 3.89. The van der Waals surface area contributed by atoms with E-state index in [0.29, 0.717) is 18.5 Å². The van der Waals surface area contributed by atoms with Gasteiger partial charge in [-0.3, -0.25) is 9.59 Å². The van der Waals surface area contributed by atoms with Gasteiger partial charge in [0.25, 0.3) is 5.91 Å². The molecule has 1 heterocycles. The first-order chi connectivity index (χ1) is 12.3. The van der Waals surface area contributed by atoms with Crippen LogP contribution in [0.1, 0.15) is 29.3 Å². The van der Waals surface area contributed by atoms with Crippen LogP contribution in [0, 0.1) is 24.6 Å². The van der Waals surface area contributed by atoms with E-state index in [1.165, 1.54) is 23.1 Å². The second-order valence-electron chi connectivity index (χ2n) is 6.73. The molecule has 8 heteroatoms. The monoisotopic (exact) mass is 365 g/mol. The molecule has 1 aliphatic rings. The predicted octanol–water partition coefficient (Wildman–Crippen LogP) is 1.62. The number of hydrogen-bond acceptors (Lipinski definition) is 3. The number of carbonyl (C=O) groups excluding carboxylic acids is 2. The van der Waals surface area contributed by atoms with Crippen LogP contribution in [0.15, 0.2) is 18.2 Å². The molecule has 0 spiro atoms. The first-order valence-electron chi connectivity index (χ1n) is 8.58. The SMILES string of the molecule is Cc1ccc(C(=O)NCCNC(=O)N2CC(C)CC(C(=O)O)C2)cc1F. The van der Waals surface area contributed by atoms with Gasteiger partial charge in [0, 0.05) is 31.7 Å². The number of nitrogens with one attached hydrogen (secondary N) is 2. The van der Waals surface area contributed by atoms with Gasteiger partial charge in [-0.2, -0.15) is 0 Å². The molecule has 3 N–H and O–H groups in total. The van der Waals surface area contributed by atoms with Gasteiger partial charge < -0.3 is 20.6 Å². The highest BCUT2D eigenvalue weighted by molar-refractivity contribution is 5.94. The number of piperidine rings is 1. The Hall–Kier alpha value is -2.64. The molecule has 1 fully saturated rings. The molecule has 0 aromatic heterocycles. The van der Waals surface area contributed by atoms with Gasteiger partial charge >= 0.3 is 12.0 Å². The van der Waals surface area contributed by atoms with Gasteiger partial charge in [0.05, 0.1) is 5.92 Å². The molecule has 0 saturated carbocycles. The summed E-state index contributed by atoms with van der Waals surface area (Å²) < 4.78 is 13.5. The molecule has 0 bridgehead atoms. The average molecular weight is 365 g/mol. The van der Waals surface area contributed by atoms with Crippen LogP contribution in [0.2, 0.25) is 0 Å². The maximum atomic E-state index is 13.5. The summed E-state index contributed by atoms with van der Waals surface area (Å²) >= 11 is 0. The van der Waals surface area contributed by atoms with Crippen molar-refractivity contribution in [2.75, 3.05) is 26.2 Å². The largest absolute Gasteiger partial charge is 0.481 e. The Balaban J connectivity index is 1.76. The van der Waals surface area contributed by atoms with Crippen LogP contribution < -0.4 is 10.6 Å². The molecule has 3 amide bonds. The zero-order chi connectivity index (χ0) is 19.3. The van der Waals surface area contributed by atoms with Gasteiger partial charge in [-0.25, -0.2) is 9.18 Å². The minimum absolute atomic E-state index is 0.117. The van der Waals surface area contributed by atoms with Crippen molar-refractivity contribution < 1.29 is 23.9 Å². The number of hydrogen-bond donors (Lipinski definition) is 3. The van der Waals surface area contributed by atoms with Gasteiger partial charge in [0.15, 0.2) is 0 Å². The quantitative estimate of drug-likeness (QED) is 0.691. The van der Waals surface area contributed by atoms with Gasteiger partial charge in [0.2, 0.25) is 0 Å². The molecular formula is C18H24FN3O4.